The second-order valence-electron chi connectivity index (χ2n) is 10.4. The summed E-state index contributed by atoms with van der Waals surface area (Å²) in [7, 11) is -4.00. The summed E-state index contributed by atoms with van der Waals surface area (Å²) in [5.74, 6) is -0.0907. The molecular weight excluding hydrogens is 494 g/mol. The van der Waals surface area contributed by atoms with Crippen LogP contribution in [0.2, 0.25) is 0 Å². The fourth-order valence-corrected chi connectivity index (χ4v) is 6.88. The van der Waals surface area contributed by atoms with Gasteiger partial charge >= 0.3 is 6.03 Å². The molecule has 1 aromatic carbocycles. The number of fused-ring (bicyclic) bond motifs is 4. The molecule has 0 radical (unpaired) electrons. The van der Waals surface area contributed by atoms with Crippen molar-refractivity contribution >= 4 is 33.3 Å². The van der Waals surface area contributed by atoms with Gasteiger partial charge in [0.05, 0.1) is 4.90 Å². The van der Waals surface area contributed by atoms with E-state index in [0.29, 0.717) is 25.3 Å². The minimum Gasteiger partial charge on any atom is -0.335 e. The van der Waals surface area contributed by atoms with Crippen LogP contribution < -0.4 is 20.9 Å². The summed E-state index contributed by atoms with van der Waals surface area (Å²) in [6.45, 7) is 2.93. The van der Waals surface area contributed by atoms with Crippen molar-refractivity contribution in [3.8, 4) is 0 Å². The fraction of sp³-hybridized carbons (Fsp3) is 0.500. The van der Waals surface area contributed by atoms with Crippen molar-refractivity contribution in [1.29, 1.82) is 0 Å². The Kier molecular flexibility index (Phi) is 6.98. The summed E-state index contributed by atoms with van der Waals surface area (Å²) in [6, 6.07) is 9.27. The van der Waals surface area contributed by atoms with Gasteiger partial charge in [0.15, 0.2) is 0 Å². The molecule has 2 bridgehead atoms. The molecule has 2 aliphatic heterocycles. The van der Waals surface area contributed by atoms with E-state index in [9.17, 15) is 22.8 Å². The van der Waals surface area contributed by atoms with Crippen molar-refractivity contribution in [2.75, 3.05) is 23.1 Å². The maximum absolute atomic E-state index is 13.3. The predicted octanol–water partition coefficient (Wildman–Crippen LogP) is 3.07. The number of carbonyl (C=O) groups excluding carboxylic acids is 2. The third-order valence-electron chi connectivity index (χ3n) is 7.55. The van der Waals surface area contributed by atoms with Gasteiger partial charge in [0.1, 0.15) is 5.69 Å². The molecule has 3 amide bonds. The number of amides is 3. The van der Waals surface area contributed by atoms with Gasteiger partial charge in [-0.05, 0) is 61.6 Å². The maximum Gasteiger partial charge on any atom is 0.317 e. The van der Waals surface area contributed by atoms with Crippen molar-refractivity contribution in [1.82, 2.24) is 14.8 Å². The average Bonchev–Trinajstić information content (AvgIpc) is 2.86. The zero-order chi connectivity index (χ0) is 26.2. The molecule has 10 nitrogen and oxygen atoms in total. The number of pyridine rings is 1. The number of likely N-dealkylation sites (tertiary alicyclic amines) is 1. The molecule has 1 aliphatic carbocycles. The van der Waals surface area contributed by atoms with Crippen LogP contribution in [-0.4, -0.2) is 49.0 Å². The summed E-state index contributed by atoms with van der Waals surface area (Å²) in [5.41, 5.74) is 0.916. The van der Waals surface area contributed by atoms with Crippen LogP contribution in [0.4, 0.5) is 16.2 Å². The van der Waals surface area contributed by atoms with Crippen LogP contribution in [0, 0.1) is 5.92 Å². The normalized spacial score (nSPS) is 21.6. The van der Waals surface area contributed by atoms with E-state index in [-0.39, 0.29) is 46.0 Å². The van der Waals surface area contributed by atoms with E-state index in [4.69, 9.17) is 0 Å². The first-order chi connectivity index (χ1) is 17.7. The second-order valence-corrected chi connectivity index (χ2v) is 12.1. The van der Waals surface area contributed by atoms with Crippen LogP contribution in [0.5, 0.6) is 0 Å². The number of aromatic nitrogens is 1. The quantitative estimate of drug-likeness (QED) is 0.550. The van der Waals surface area contributed by atoms with E-state index in [1.165, 1.54) is 43.7 Å². The van der Waals surface area contributed by atoms with Crippen LogP contribution in [-0.2, 0) is 21.4 Å². The summed E-state index contributed by atoms with van der Waals surface area (Å²) >= 11 is 0. The number of nitrogens with zero attached hydrogens (tertiary/aromatic N) is 2. The second kappa shape index (κ2) is 10.2. The standard InChI is InChI=1S/C26H33N5O5S/c1-17(32)27-21-7-9-22(10-8-21)37(35,36)29-23-11-12-24-19-13-18(15-31(24)25(23)33)14-30(16-19)26(34)28-20-5-3-2-4-6-20/h7-12,18-20,29H,2-6,13-16H2,1H3,(H,27,32)(H,28,34). The van der Waals surface area contributed by atoms with Crippen LogP contribution in [0.15, 0.2) is 46.1 Å². The highest BCUT2D eigenvalue weighted by molar-refractivity contribution is 7.92. The van der Waals surface area contributed by atoms with Gasteiger partial charge in [-0.1, -0.05) is 19.3 Å². The lowest BCUT2D eigenvalue weighted by Gasteiger charge is -2.43. The molecule has 1 saturated carbocycles. The first-order valence-electron chi connectivity index (χ1n) is 12.9. The van der Waals surface area contributed by atoms with E-state index < -0.39 is 10.0 Å². The Morgan fingerprint density at radius 2 is 1.68 bits per heavy atom. The van der Waals surface area contributed by atoms with Crippen molar-refractivity contribution in [2.24, 2.45) is 5.92 Å². The smallest absolute Gasteiger partial charge is 0.317 e. The number of urea groups is 1. The van der Waals surface area contributed by atoms with Crippen LogP contribution in [0.1, 0.15) is 57.1 Å². The summed E-state index contributed by atoms with van der Waals surface area (Å²) in [4.78, 5) is 39.3. The van der Waals surface area contributed by atoms with Gasteiger partial charge in [-0.15, -0.1) is 0 Å². The lowest BCUT2D eigenvalue weighted by molar-refractivity contribution is -0.114. The molecule has 11 heteroatoms. The SMILES string of the molecule is CC(=O)Nc1ccc(S(=O)(=O)Nc2ccc3n(c2=O)CC2CC3CN(C(=O)NC3CCCCC3)C2)cc1. The average molecular weight is 528 g/mol. The number of piperidine rings is 1. The van der Waals surface area contributed by atoms with Gasteiger partial charge in [-0.2, -0.15) is 0 Å². The Balaban J connectivity index is 1.30. The zero-order valence-corrected chi connectivity index (χ0v) is 21.7. The lowest BCUT2D eigenvalue weighted by Crippen LogP contribution is -2.53. The van der Waals surface area contributed by atoms with E-state index in [1.807, 2.05) is 4.90 Å². The molecule has 3 N–H and O–H groups in total. The number of hydrogen-bond donors (Lipinski definition) is 3. The van der Waals surface area contributed by atoms with Crippen LogP contribution >= 0.6 is 0 Å². The number of carbonyl (C=O) groups is 2. The van der Waals surface area contributed by atoms with E-state index in [2.05, 4.69) is 15.4 Å². The first-order valence-corrected chi connectivity index (χ1v) is 14.4. The predicted molar refractivity (Wildman–Crippen MR) is 140 cm³/mol. The summed E-state index contributed by atoms with van der Waals surface area (Å²) in [5, 5.41) is 5.79. The third-order valence-corrected chi connectivity index (χ3v) is 8.93. The fourth-order valence-electron chi connectivity index (χ4n) is 5.83. The first kappa shape index (κ1) is 25.3. The number of sulfonamides is 1. The number of nitrogens with one attached hydrogen (secondary N) is 3. The third kappa shape index (κ3) is 5.51. The largest absolute Gasteiger partial charge is 0.335 e. The van der Waals surface area contributed by atoms with Crippen molar-refractivity contribution in [2.45, 2.75) is 68.8 Å². The Bertz CT molecular complexity index is 1350. The molecule has 5 rings (SSSR count). The van der Waals surface area contributed by atoms with Gasteiger partial charge in [0.2, 0.25) is 5.91 Å². The Morgan fingerprint density at radius 1 is 0.946 bits per heavy atom. The number of anilines is 2. The van der Waals surface area contributed by atoms with Crippen molar-refractivity contribution in [3.63, 3.8) is 0 Å². The molecule has 2 unspecified atom stereocenters. The van der Waals surface area contributed by atoms with E-state index in [1.54, 1.807) is 10.6 Å². The van der Waals surface area contributed by atoms with Gasteiger partial charge in [0.25, 0.3) is 15.6 Å². The monoisotopic (exact) mass is 527 g/mol. The highest BCUT2D eigenvalue weighted by Gasteiger charge is 2.37. The topological polar surface area (TPSA) is 130 Å². The van der Waals surface area contributed by atoms with Gasteiger partial charge in [0, 0.05) is 49.9 Å². The number of benzene rings is 1. The molecule has 2 aromatic rings. The molecule has 198 valence electrons. The van der Waals surface area contributed by atoms with Crippen molar-refractivity contribution in [3.05, 3.63) is 52.4 Å². The van der Waals surface area contributed by atoms with Crippen LogP contribution in [0.3, 0.4) is 0 Å². The molecule has 37 heavy (non-hydrogen) atoms. The molecule has 0 spiro atoms. The Labute approximate surface area is 216 Å². The van der Waals surface area contributed by atoms with E-state index >= 15 is 0 Å². The van der Waals surface area contributed by atoms with E-state index in [0.717, 1.165) is 37.8 Å². The molecule has 1 aromatic heterocycles. The van der Waals surface area contributed by atoms with Gasteiger partial charge < -0.3 is 20.1 Å². The maximum atomic E-state index is 13.3. The summed E-state index contributed by atoms with van der Waals surface area (Å²) in [6.07, 6.45) is 6.50. The molecule has 1 saturated heterocycles. The van der Waals surface area contributed by atoms with Gasteiger partial charge in [-0.25, -0.2) is 13.2 Å². The molecule has 3 heterocycles. The highest BCUT2D eigenvalue weighted by atomic mass is 32.2. The molecule has 3 aliphatic rings. The number of hydrogen-bond acceptors (Lipinski definition) is 5. The van der Waals surface area contributed by atoms with Crippen LogP contribution in [0.25, 0.3) is 0 Å². The van der Waals surface area contributed by atoms with Gasteiger partial charge in [-0.3, -0.25) is 14.3 Å². The molecule has 2 fully saturated rings. The van der Waals surface area contributed by atoms with Crippen molar-refractivity contribution < 1.29 is 18.0 Å². The minimum atomic E-state index is -4.00. The number of rotatable bonds is 5. The summed E-state index contributed by atoms with van der Waals surface area (Å²) < 4.78 is 30.0. The molecular formula is C26H33N5O5S. The Hall–Kier alpha value is -3.34. The lowest BCUT2D eigenvalue weighted by atomic mass is 9.83. The minimum absolute atomic E-state index is 0.0124. The zero-order valence-electron chi connectivity index (χ0n) is 20.9. The Morgan fingerprint density at radius 3 is 2.38 bits per heavy atom. The molecule has 2 atom stereocenters. The highest BCUT2D eigenvalue weighted by Crippen LogP contribution is 2.35.